The van der Waals surface area contributed by atoms with Gasteiger partial charge in [0.1, 0.15) is 6.04 Å². The van der Waals surface area contributed by atoms with E-state index < -0.39 is 6.04 Å². The molecule has 22 heavy (non-hydrogen) atoms. The van der Waals surface area contributed by atoms with E-state index in [1.54, 1.807) is 0 Å². The minimum absolute atomic E-state index is 0.169. The number of H-pyrrole nitrogens is 1. The number of hydrogen-bond donors (Lipinski definition) is 3. The second kappa shape index (κ2) is 6.75. The van der Waals surface area contributed by atoms with Crippen molar-refractivity contribution in [1.29, 1.82) is 0 Å². The molecule has 0 fully saturated rings. The number of benzene rings is 1. The van der Waals surface area contributed by atoms with E-state index in [2.05, 4.69) is 47.6 Å². The molecule has 0 radical (unpaired) electrons. The molecule has 0 aliphatic rings. The Bertz CT molecular complexity index is 656. The summed E-state index contributed by atoms with van der Waals surface area (Å²) in [6, 6.07) is 5.68. The highest BCUT2D eigenvalue weighted by Gasteiger charge is 2.21. The molecular formula is C17H24N4O. The lowest BCUT2D eigenvalue weighted by Gasteiger charge is -2.13. The summed E-state index contributed by atoms with van der Waals surface area (Å²) in [5.74, 6) is -0.169. The summed E-state index contributed by atoms with van der Waals surface area (Å²) in [7, 11) is 0. The molecule has 0 spiro atoms. The third-order valence-electron chi connectivity index (χ3n) is 3.98. The van der Waals surface area contributed by atoms with E-state index in [0.29, 0.717) is 6.54 Å². The van der Waals surface area contributed by atoms with Crippen LogP contribution < -0.4 is 11.1 Å². The summed E-state index contributed by atoms with van der Waals surface area (Å²) in [4.78, 5) is 12.2. The van der Waals surface area contributed by atoms with Crippen LogP contribution in [0.4, 0.5) is 0 Å². The van der Waals surface area contributed by atoms with Crippen LogP contribution in [-0.2, 0) is 11.2 Å². The lowest BCUT2D eigenvalue weighted by atomic mass is 10.0. The van der Waals surface area contributed by atoms with Crippen LogP contribution in [0.1, 0.15) is 39.7 Å². The van der Waals surface area contributed by atoms with E-state index in [0.717, 1.165) is 23.4 Å². The van der Waals surface area contributed by atoms with Crippen molar-refractivity contribution in [2.45, 2.75) is 40.2 Å². The maximum absolute atomic E-state index is 12.2. The molecule has 0 saturated heterocycles. The number of nitrogens with one attached hydrogen (secondary N) is 2. The summed E-state index contributed by atoms with van der Waals surface area (Å²) < 4.78 is 0. The second-order valence-electron chi connectivity index (χ2n) is 5.80. The number of carbonyl (C=O) groups is 1. The molecule has 0 aliphatic carbocycles. The van der Waals surface area contributed by atoms with E-state index in [4.69, 9.17) is 5.73 Å². The van der Waals surface area contributed by atoms with Crippen molar-refractivity contribution >= 4 is 5.91 Å². The topological polar surface area (TPSA) is 83.8 Å². The van der Waals surface area contributed by atoms with Crippen molar-refractivity contribution in [3.63, 3.8) is 0 Å². The summed E-state index contributed by atoms with van der Waals surface area (Å²) >= 11 is 0. The molecule has 1 atom stereocenters. The molecule has 5 heteroatoms. The molecule has 5 nitrogen and oxygen atoms in total. The van der Waals surface area contributed by atoms with Crippen LogP contribution in [0.3, 0.4) is 0 Å². The number of carbonyl (C=O) groups excluding carboxylic acids is 1. The van der Waals surface area contributed by atoms with Crippen molar-refractivity contribution in [2.75, 3.05) is 6.54 Å². The first-order chi connectivity index (χ1) is 10.4. The highest BCUT2D eigenvalue weighted by molar-refractivity contribution is 5.83. The Kier molecular flexibility index (Phi) is 4.98. The van der Waals surface area contributed by atoms with Crippen LogP contribution >= 0.6 is 0 Å². The summed E-state index contributed by atoms with van der Waals surface area (Å²) in [5, 5.41) is 9.86. The number of hydrogen-bond acceptors (Lipinski definition) is 3. The first-order valence-electron chi connectivity index (χ1n) is 7.51. The molecule has 0 bridgehead atoms. The van der Waals surface area contributed by atoms with Gasteiger partial charge in [-0.25, -0.2) is 0 Å². The largest absolute Gasteiger partial charge is 0.354 e. The van der Waals surface area contributed by atoms with Gasteiger partial charge in [0.2, 0.25) is 5.91 Å². The molecule has 1 aromatic heterocycles. The van der Waals surface area contributed by atoms with Gasteiger partial charge in [0.05, 0.1) is 5.69 Å². The Balaban J connectivity index is 1.94. The number of nitrogens with two attached hydrogens (primary N) is 1. The molecular weight excluding hydrogens is 276 g/mol. The fraction of sp³-hybridized carbons (Fsp3) is 0.412. The van der Waals surface area contributed by atoms with Crippen LogP contribution in [0.2, 0.25) is 0 Å². The fourth-order valence-electron chi connectivity index (χ4n) is 2.65. The summed E-state index contributed by atoms with van der Waals surface area (Å²) in [6.45, 7) is 8.45. The quantitative estimate of drug-likeness (QED) is 0.789. The highest BCUT2D eigenvalue weighted by Crippen LogP contribution is 2.17. The number of rotatable bonds is 5. The Morgan fingerprint density at radius 2 is 2.05 bits per heavy atom. The van der Waals surface area contributed by atoms with Gasteiger partial charge in [-0.2, -0.15) is 5.10 Å². The van der Waals surface area contributed by atoms with Gasteiger partial charge in [-0.15, -0.1) is 0 Å². The molecule has 4 N–H and O–H groups in total. The van der Waals surface area contributed by atoms with Gasteiger partial charge in [-0.05, 0) is 45.2 Å². The monoisotopic (exact) mass is 300 g/mol. The van der Waals surface area contributed by atoms with Crippen LogP contribution in [0.5, 0.6) is 0 Å². The average Bonchev–Trinajstić information content (AvgIpc) is 2.81. The zero-order valence-electron chi connectivity index (χ0n) is 13.7. The lowest BCUT2D eigenvalue weighted by Crippen LogP contribution is -2.35. The van der Waals surface area contributed by atoms with Gasteiger partial charge < -0.3 is 11.1 Å². The number of aromatic nitrogens is 2. The molecule has 1 aromatic carbocycles. The van der Waals surface area contributed by atoms with Gasteiger partial charge in [-0.1, -0.05) is 23.8 Å². The van der Waals surface area contributed by atoms with Crippen LogP contribution in [-0.4, -0.2) is 22.6 Å². The van der Waals surface area contributed by atoms with Gasteiger partial charge in [-0.3, -0.25) is 9.89 Å². The van der Waals surface area contributed by atoms with Crippen molar-refractivity contribution in [3.8, 4) is 0 Å². The lowest BCUT2D eigenvalue weighted by molar-refractivity contribution is -0.122. The standard InChI is InChI=1S/C17H24N4O/c1-10-5-6-11(2)14(9-10)7-8-19-17(22)16(18)15-12(3)20-21-13(15)4/h5-6,9,16H,7-8,18H2,1-4H3,(H,19,22)(H,20,21)/t16-/m1/s1. The smallest absolute Gasteiger partial charge is 0.241 e. The number of nitrogens with zero attached hydrogens (tertiary/aromatic N) is 1. The van der Waals surface area contributed by atoms with Crippen LogP contribution in [0, 0.1) is 27.7 Å². The molecule has 0 unspecified atom stereocenters. The van der Waals surface area contributed by atoms with Gasteiger partial charge in [0.15, 0.2) is 0 Å². The normalized spacial score (nSPS) is 12.2. The number of aromatic amines is 1. The molecule has 118 valence electrons. The van der Waals surface area contributed by atoms with E-state index in [1.807, 2.05) is 13.8 Å². The fourth-order valence-corrected chi connectivity index (χ4v) is 2.65. The Hall–Kier alpha value is -2.14. The van der Waals surface area contributed by atoms with Crippen molar-refractivity contribution in [2.24, 2.45) is 5.73 Å². The van der Waals surface area contributed by atoms with Gasteiger partial charge in [0.25, 0.3) is 0 Å². The third kappa shape index (κ3) is 3.54. The maximum atomic E-state index is 12.2. The highest BCUT2D eigenvalue weighted by atomic mass is 16.2. The second-order valence-corrected chi connectivity index (χ2v) is 5.80. The Morgan fingerprint density at radius 1 is 1.32 bits per heavy atom. The first kappa shape index (κ1) is 16.2. The molecule has 2 rings (SSSR count). The molecule has 1 heterocycles. The molecule has 1 amide bonds. The molecule has 2 aromatic rings. The van der Waals surface area contributed by atoms with Crippen molar-refractivity contribution in [1.82, 2.24) is 15.5 Å². The minimum Gasteiger partial charge on any atom is -0.354 e. The number of aryl methyl sites for hydroxylation is 4. The van der Waals surface area contributed by atoms with Gasteiger partial charge >= 0.3 is 0 Å². The van der Waals surface area contributed by atoms with Crippen LogP contribution in [0.15, 0.2) is 18.2 Å². The van der Waals surface area contributed by atoms with Gasteiger partial charge in [0, 0.05) is 17.8 Å². The van der Waals surface area contributed by atoms with Crippen LogP contribution in [0.25, 0.3) is 0 Å². The zero-order chi connectivity index (χ0) is 16.3. The predicted octanol–water partition coefficient (Wildman–Crippen LogP) is 2.00. The first-order valence-corrected chi connectivity index (χ1v) is 7.51. The van der Waals surface area contributed by atoms with E-state index in [1.165, 1.54) is 16.7 Å². The van der Waals surface area contributed by atoms with E-state index in [-0.39, 0.29) is 5.91 Å². The van der Waals surface area contributed by atoms with E-state index >= 15 is 0 Å². The van der Waals surface area contributed by atoms with Crippen molar-refractivity contribution in [3.05, 3.63) is 51.8 Å². The minimum atomic E-state index is -0.683. The summed E-state index contributed by atoms with van der Waals surface area (Å²) in [6.07, 6.45) is 0.801. The third-order valence-corrected chi connectivity index (χ3v) is 3.98. The Morgan fingerprint density at radius 3 is 2.68 bits per heavy atom. The Labute approximate surface area is 131 Å². The number of amides is 1. The summed E-state index contributed by atoms with van der Waals surface area (Å²) in [5.41, 5.74) is 12.2. The molecule has 0 aliphatic heterocycles. The SMILES string of the molecule is Cc1ccc(C)c(CCNC(=O)[C@H](N)c2c(C)n[nH]c2C)c1. The maximum Gasteiger partial charge on any atom is 0.241 e. The van der Waals surface area contributed by atoms with Crippen molar-refractivity contribution < 1.29 is 4.79 Å². The van der Waals surface area contributed by atoms with E-state index in [9.17, 15) is 4.79 Å². The molecule has 0 saturated carbocycles. The predicted molar refractivity (Wildman–Crippen MR) is 87.6 cm³/mol. The zero-order valence-corrected chi connectivity index (χ0v) is 13.7. The average molecular weight is 300 g/mol.